The number of rotatable bonds is 3. The largest absolute Gasteiger partial charge is 0.474 e. The van der Waals surface area contributed by atoms with E-state index in [0.29, 0.717) is 18.4 Å². The molecule has 1 atom stereocenters. The molecule has 28 heavy (non-hydrogen) atoms. The molecule has 6 heteroatoms. The summed E-state index contributed by atoms with van der Waals surface area (Å²) >= 11 is 0. The van der Waals surface area contributed by atoms with E-state index in [4.69, 9.17) is 9.47 Å². The smallest absolute Gasteiger partial charge is 0.225 e. The molecule has 1 N–H and O–H groups in total. The van der Waals surface area contributed by atoms with E-state index < -0.39 is 0 Å². The average Bonchev–Trinajstić information content (AvgIpc) is 3.21. The van der Waals surface area contributed by atoms with Gasteiger partial charge in [-0.2, -0.15) is 10.1 Å². The molecule has 2 aliphatic rings. The zero-order chi connectivity index (χ0) is 19.1. The number of pyridine rings is 1. The molecule has 2 aliphatic heterocycles. The van der Waals surface area contributed by atoms with Crippen LogP contribution in [0.4, 0.5) is 0 Å². The molecule has 4 heterocycles. The second-order valence-electron chi connectivity index (χ2n) is 8.13. The normalized spacial score (nSPS) is 20.0. The van der Waals surface area contributed by atoms with Crippen LogP contribution in [-0.4, -0.2) is 33.0 Å². The van der Waals surface area contributed by atoms with Gasteiger partial charge in [0.2, 0.25) is 11.8 Å². The fourth-order valence-electron chi connectivity index (χ4n) is 4.06. The van der Waals surface area contributed by atoms with Gasteiger partial charge < -0.3 is 14.8 Å². The van der Waals surface area contributed by atoms with Gasteiger partial charge in [-0.1, -0.05) is 6.07 Å². The summed E-state index contributed by atoms with van der Waals surface area (Å²) in [6.45, 7) is 5.88. The molecule has 1 fully saturated rings. The fourth-order valence-corrected chi connectivity index (χ4v) is 4.06. The number of hydrogen-bond donors (Lipinski definition) is 1. The molecular formula is C22H24N4O2. The lowest BCUT2D eigenvalue weighted by atomic mass is 9.91. The quantitative estimate of drug-likeness (QED) is 0.755. The van der Waals surface area contributed by atoms with Gasteiger partial charge in [-0.3, -0.25) is 0 Å². The standard InChI is InChI=1S/C22H24N4O2/c1-22(2)13-17(8-10-23-22)28-20-7-6-19-18-5-4-16(26-11-3-9-24-26)12-15(18)14-27-21(19)25-20/h3-7,9,11-12,17,23H,8,10,13-14H2,1-2H3. The summed E-state index contributed by atoms with van der Waals surface area (Å²) in [6.07, 6.45) is 5.84. The highest BCUT2D eigenvalue weighted by molar-refractivity contribution is 5.74. The highest BCUT2D eigenvalue weighted by atomic mass is 16.5. The summed E-state index contributed by atoms with van der Waals surface area (Å²) in [5.41, 5.74) is 4.41. The number of aromatic nitrogens is 3. The van der Waals surface area contributed by atoms with Gasteiger partial charge in [0.05, 0.1) is 5.69 Å². The predicted molar refractivity (Wildman–Crippen MR) is 107 cm³/mol. The minimum absolute atomic E-state index is 0.0961. The Hall–Kier alpha value is -2.86. The molecule has 5 rings (SSSR count). The van der Waals surface area contributed by atoms with Crippen LogP contribution >= 0.6 is 0 Å². The average molecular weight is 376 g/mol. The van der Waals surface area contributed by atoms with Crippen LogP contribution in [0.2, 0.25) is 0 Å². The van der Waals surface area contributed by atoms with Crippen LogP contribution in [-0.2, 0) is 6.61 Å². The minimum atomic E-state index is 0.0961. The number of benzene rings is 1. The zero-order valence-corrected chi connectivity index (χ0v) is 16.2. The monoisotopic (exact) mass is 376 g/mol. The summed E-state index contributed by atoms with van der Waals surface area (Å²) < 4.78 is 14.0. The first-order valence-electron chi connectivity index (χ1n) is 9.76. The maximum atomic E-state index is 6.17. The summed E-state index contributed by atoms with van der Waals surface area (Å²) in [4.78, 5) is 4.64. The highest BCUT2D eigenvalue weighted by Crippen LogP contribution is 2.38. The van der Waals surface area contributed by atoms with Gasteiger partial charge in [-0.25, -0.2) is 4.68 Å². The molecule has 3 aromatic rings. The van der Waals surface area contributed by atoms with Crippen LogP contribution in [0.3, 0.4) is 0 Å². The third-order valence-electron chi connectivity index (χ3n) is 5.44. The first-order chi connectivity index (χ1) is 13.6. The number of fused-ring (bicyclic) bond motifs is 3. The topological polar surface area (TPSA) is 61.2 Å². The second-order valence-corrected chi connectivity index (χ2v) is 8.13. The summed E-state index contributed by atoms with van der Waals surface area (Å²) in [5.74, 6) is 1.28. The van der Waals surface area contributed by atoms with Crippen LogP contribution in [0.1, 0.15) is 32.3 Å². The van der Waals surface area contributed by atoms with Crippen LogP contribution in [0, 0.1) is 0 Å². The van der Waals surface area contributed by atoms with Crippen molar-refractivity contribution in [2.45, 2.75) is 44.9 Å². The van der Waals surface area contributed by atoms with Crippen molar-refractivity contribution < 1.29 is 9.47 Å². The van der Waals surface area contributed by atoms with Crippen molar-refractivity contribution in [3.8, 4) is 28.6 Å². The van der Waals surface area contributed by atoms with Crippen LogP contribution in [0.25, 0.3) is 16.8 Å². The molecule has 0 spiro atoms. The Balaban J connectivity index is 1.40. The predicted octanol–water partition coefficient (Wildman–Crippen LogP) is 3.74. The number of nitrogens with zero attached hydrogens (tertiary/aromatic N) is 3. The van der Waals surface area contributed by atoms with Crippen molar-refractivity contribution in [1.29, 1.82) is 0 Å². The van der Waals surface area contributed by atoms with Crippen LogP contribution < -0.4 is 14.8 Å². The van der Waals surface area contributed by atoms with E-state index in [1.54, 1.807) is 6.20 Å². The summed E-state index contributed by atoms with van der Waals surface area (Å²) in [7, 11) is 0. The number of hydrogen-bond acceptors (Lipinski definition) is 5. The molecular weight excluding hydrogens is 352 g/mol. The molecule has 2 aromatic heterocycles. The van der Waals surface area contributed by atoms with Gasteiger partial charge in [0.1, 0.15) is 12.7 Å². The first kappa shape index (κ1) is 17.3. The number of nitrogens with one attached hydrogen (secondary N) is 1. The molecule has 0 aliphatic carbocycles. The minimum Gasteiger partial charge on any atom is -0.474 e. The van der Waals surface area contributed by atoms with Crippen molar-refractivity contribution in [2.24, 2.45) is 0 Å². The van der Waals surface area contributed by atoms with Crippen molar-refractivity contribution in [3.05, 3.63) is 54.4 Å². The SMILES string of the molecule is CC1(C)CC(Oc2ccc3c(n2)OCc2cc(-n4cccn4)ccc2-3)CCN1. The van der Waals surface area contributed by atoms with E-state index in [1.807, 2.05) is 23.0 Å². The van der Waals surface area contributed by atoms with Crippen molar-refractivity contribution >= 4 is 0 Å². The van der Waals surface area contributed by atoms with Crippen molar-refractivity contribution in [3.63, 3.8) is 0 Å². The third kappa shape index (κ3) is 3.24. The molecule has 1 saturated heterocycles. The Bertz CT molecular complexity index is 998. The highest BCUT2D eigenvalue weighted by Gasteiger charge is 2.29. The maximum absolute atomic E-state index is 6.17. The van der Waals surface area contributed by atoms with Crippen LogP contribution in [0.5, 0.6) is 11.8 Å². The van der Waals surface area contributed by atoms with E-state index in [-0.39, 0.29) is 11.6 Å². The lowest BCUT2D eigenvalue weighted by Crippen LogP contribution is -2.49. The van der Waals surface area contributed by atoms with Gasteiger partial charge in [0.25, 0.3) is 0 Å². The Kier molecular flexibility index (Phi) is 4.09. The molecule has 6 nitrogen and oxygen atoms in total. The Morgan fingerprint density at radius 2 is 2.11 bits per heavy atom. The molecule has 0 radical (unpaired) electrons. The van der Waals surface area contributed by atoms with Crippen molar-refractivity contribution in [1.82, 2.24) is 20.1 Å². The summed E-state index contributed by atoms with van der Waals surface area (Å²) in [6, 6.07) is 12.2. The molecule has 1 unspecified atom stereocenters. The molecule has 144 valence electrons. The number of ether oxygens (including phenoxy) is 2. The Morgan fingerprint density at radius 1 is 1.21 bits per heavy atom. The first-order valence-corrected chi connectivity index (χ1v) is 9.76. The van der Waals surface area contributed by atoms with E-state index in [1.165, 1.54) is 0 Å². The lowest BCUT2D eigenvalue weighted by Gasteiger charge is -2.36. The van der Waals surface area contributed by atoms with E-state index in [0.717, 1.165) is 41.8 Å². The van der Waals surface area contributed by atoms with Gasteiger partial charge >= 0.3 is 0 Å². The molecule has 1 aromatic carbocycles. The van der Waals surface area contributed by atoms with Crippen molar-refractivity contribution in [2.75, 3.05) is 6.54 Å². The van der Waals surface area contributed by atoms with Crippen LogP contribution in [0.15, 0.2) is 48.8 Å². The summed E-state index contributed by atoms with van der Waals surface area (Å²) in [5, 5.41) is 7.82. The van der Waals surface area contributed by atoms with E-state index in [2.05, 4.69) is 53.5 Å². The third-order valence-corrected chi connectivity index (χ3v) is 5.44. The lowest BCUT2D eigenvalue weighted by molar-refractivity contribution is 0.106. The van der Waals surface area contributed by atoms with Gasteiger partial charge in [0, 0.05) is 36.0 Å². The Morgan fingerprint density at radius 3 is 2.93 bits per heavy atom. The Labute approximate surface area is 164 Å². The van der Waals surface area contributed by atoms with Gasteiger partial charge in [-0.05, 0) is 62.2 Å². The molecule has 0 bridgehead atoms. The van der Waals surface area contributed by atoms with Gasteiger partial charge in [0.15, 0.2) is 0 Å². The van der Waals surface area contributed by atoms with E-state index in [9.17, 15) is 0 Å². The fraction of sp³-hybridized carbons (Fsp3) is 0.364. The number of piperidine rings is 1. The van der Waals surface area contributed by atoms with Gasteiger partial charge in [-0.15, -0.1) is 0 Å². The van der Waals surface area contributed by atoms with E-state index >= 15 is 0 Å². The molecule has 0 saturated carbocycles. The molecule has 0 amide bonds. The second kappa shape index (κ2) is 6.63. The zero-order valence-electron chi connectivity index (χ0n) is 16.2. The maximum Gasteiger partial charge on any atom is 0.225 e.